The maximum Gasteiger partial charge on any atom is 0.151 e. The summed E-state index contributed by atoms with van der Waals surface area (Å²) < 4.78 is 7.25. The van der Waals surface area contributed by atoms with Crippen LogP contribution in [0.15, 0.2) is 6.07 Å². The van der Waals surface area contributed by atoms with Crippen molar-refractivity contribution in [1.82, 2.24) is 15.1 Å². The first kappa shape index (κ1) is 10.4. The predicted octanol–water partition coefficient (Wildman–Crippen LogP) is -0.0239. The molecule has 2 heterocycles. The maximum absolute atomic E-state index is 5.32. The largest absolute Gasteiger partial charge is 0.378 e. The van der Waals surface area contributed by atoms with E-state index in [1.165, 1.54) is 5.69 Å². The maximum atomic E-state index is 5.32. The zero-order valence-electron chi connectivity index (χ0n) is 9.36. The highest BCUT2D eigenvalue weighted by Gasteiger charge is 2.14. The first-order valence-corrected chi connectivity index (χ1v) is 5.31. The van der Waals surface area contributed by atoms with Crippen LogP contribution >= 0.6 is 0 Å². The standard InChI is InChI=1S/C10H18N4O/c1-11-8-9-7-10(12-13(9)2)14-3-5-15-6-4-14/h7,11H,3-6,8H2,1-2H3. The Balaban J connectivity index is 2.10. The molecule has 5 heteroatoms. The molecule has 0 unspecified atom stereocenters. The second-order valence-corrected chi connectivity index (χ2v) is 3.75. The molecule has 2 rings (SSSR count). The van der Waals surface area contributed by atoms with E-state index in [4.69, 9.17) is 4.74 Å². The smallest absolute Gasteiger partial charge is 0.151 e. The highest BCUT2D eigenvalue weighted by molar-refractivity contribution is 5.40. The summed E-state index contributed by atoms with van der Waals surface area (Å²) in [5, 5.41) is 7.64. The van der Waals surface area contributed by atoms with Crippen molar-refractivity contribution in [3.05, 3.63) is 11.8 Å². The molecule has 0 aliphatic carbocycles. The molecule has 0 spiro atoms. The quantitative estimate of drug-likeness (QED) is 0.761. The molecule has 1 aromatic rings. The van der Waals surface area contributed by atoms with Crippen molar-refractivity contribution in [2.45, 2.75) is 6.54 Å². The van der Waals surface area contributed by atoms with Gasteiger partial charge in [0.25, 0.3) is 0 Å². The number of rotatable bonds is 3. The lowest BCUT2D eigenvalue weighted by Gasteiger charge is -2.26. The van der Waals surface area contributed by atoms with Gasteiger partial charge in [-0.05, 0) is 7.05 Å². The molecule has 1 aliphatic rings. The summed E-state index contributed by atoms with van der Waals surface area (Å²) in [5.41, 5.74) is 1.21. The van der Waals surface area contributed by atoms with Crippen LogP contribution in [0.5, 0.6) is 0 Å². The Labute approximate surface area is 90.0 Å². The number of nitrogens with one attached hydrogen (secondary N) is 1. The van der Waals surface area contributed by atoms with Gasteiger partial charge in [0.05, 0.1) is 18.9 Å². The average molecular weight is 210 g/mol. The highest BCUT2D eigenvalue weighted by Crippen LogP contribution is 2.15. The third-order valence-electron chi connectivity index (χ3n) is 2.66. The predicted molar refractivity (Wildman–Crippen MR) is 59.0 cm³/mol. The van der Waals surface area contributed by atoms with E-state index < -0.39 is 0 Å². The molecule has 0 aromatic carbocycles. The van der Waals surface area contributed by atoms with Crippen molar-refractivity contribution < 1.29 is 4.74 Å². The van der Waals surface area contributed by atoms with Gasteiger partial charge < -0.3 is 15.0 Å². The third kappa shape index (κ3) is 2.30. The molecule has 1 saturated heterocycles. The van der Waals surface area contributed by atoms with Gasteiger partial charge in [-0.25, -0.2) is 0 Å². The minimum Gasteiger partial charge on any atom is -0.378 e. The lowest BCUT2D eigenvalue weighted by atomic mass is 10.3. The Morgan fingerprint density at radius 2 is 2.20 bits per heavy atom. The van der Waals surface area contributed by atoms with Gasteiger partial charge in [0.15, 0.2) is 5.82 Å². The van der Waals surface area contributed by atoms with Crippen molar-refractivity contribution in [2.24, 2.45) is 7.05 Å². The summed E-state index contributed by atoms with van der Waals surface area (Å²) in [6.45, 7) is 4.34. The normalized spacial score (nSPS) is 17.1. The van der Waals surface area contributed by atoms with Gasteiger partial charge in [-0.2, -0.15) is 5.10 Å². The van der Waals surface area contributed by atoms with Gasteiger partial charge in [0.1, 0.15) is 0 Å². The molecule has 0 atom stereocenters. The average Bonchev–Trinajstić information content (AvgIpc) is 2.63. The van der Waals surface area contributed by atoms with Gasteiger partial charge in [-0.3, -0.25) is 4.68 Å². The zero-order valence-corrected chi connectivity index (χ0v) is 9.36. The Morgan fingerprint density at radius 1 is 1.47 bits per heavy atom. The second kappa shape index (κ2) is 4.63. The molecule has 15 heavy (non-hydrogen) atoms. The zero-order chi connectivity index (χ0) is 10.7. The number of aryl methyl sites for hydroxylation is 1. The van der Waals surface area contributed by atoms with Crippen LogP contribution in [-0.2, 0) is 18.3 Å². The van der Waals surface area contributed by atoms with Crippen molar-refractivity contribution in [3.8, 4) is 0 Å². The van der Waals surface area contributed by atoms with Crippen LogP contribution < -0.4 is 10.2 Å². The topological polar surface area (TPSA) is 42.3 Å². The van der Waals surface area contributed by atoms with E-state index >= 15 is 0 Å². The van der Waals surface area contributed by atoms with Crippen LogP contribution in [0.1, 0.15) is 5.69 Å². The van der Waals surface area contributed by atoms with Gasteiger partial charge >= 0.3 is 0 Å². The molecule has 0 bridgehead atoms. The van der Waals surface area contributed by atoms with Gasteiger partial charge in [-0.1, -0.05) is 0 Å². The van der Waals surface area contributed by atoms with Crippen LogP contribution in [0.3, 0.4) is 0 Å². The van der Waals surface area contributed by atoms with Crippen molar-refractivity contribution in [2.75, 3.05) is 38.3 Å². The Hall–Kier alpha value is -1.07. The molecule has 1 aromatic heterocycles. The van der Waals surface area contributed by atoms with E-state index in [1.807, 2.05) is 18.8 Å². The molecule has 5 nitrogen and oxygen atoms in total. The van der Waals surface area contributed by atoms with E-state index in [9.17, 15) is 0 Å². The summed E-state index contributed by atoms with van der Waals surface area (Å²) in [6.07, 6.45) is 0. The number of ether oxygens (including phenoxy) is 1. The third-order valence-corrected chi connectivity index (χ3v) is 2.66. The van der Waals surface area contributed by atoms with Crippen molar-refractivity contribution >= 4 is 5.82 Å². The SMILES string of the molecule is CNCc1cc(N2CCOCC2)nn1C. The number of hydrogen-bond donors (Lipinski definition) is 1. The van der Waals surface area contributed by atoms with Crippen molar-refractivity contribution in [1.29, 1.82) is 0 Å². The monoisotopic (exact) mass is 210 g/mol. The van der Waals surface area contributed by atoms with Gasteiger partial charge in [0.2, 0.25) is 0 Å². The minimum absolute atomic E-state index is 0.804. The molecule has 0 saturated carbocycles. The van der Waals surface area contributed by atoms with Crippen molar-refractivity contribution in [3.63, 3.8) is 0 Å². The van der Waals surface area contributed by atoms with E-state index in [0.717, 1.165) is 38.7 Å². The van der Waals surface area contributed by atoms with E-state index in [-0.39, 0.29) is 0 Å². The highest BCUT2D eigenvalue weighted by atomic mass is 16.5. The lowest BCUT2D eigenvalue weighted by Crippen LogP contribution is -2.36. The fourth-order valence-electron chi connectivity index (χ4n) is 1.78. The fourth-order valence-corrected chi connectivity index (χ4v) is 1.78. The van der Waals surface area contributed by atoms with E-state index in [1.54, 1.807) is 0 Å². The molecule has 0 radical (unpaired) electrons. The number of hydrogen-bond acceptors (Lipinski definition) is 4. The van der Waals surface area contributed by atoms with E-state index in [0.29, 0.717) is 0 Å². The summed E-state index contributed by atoms with van der Waals surface area (Å²) in [4.78, 5) is 2.27. The Bertz CT molecular complexity index is 317. The number of nitrogens with zero attached hydrogens (tertiary/aromatic N) is 3. The molecule has 84 valence electrons. The van der Waals surface area contributed by atoms with Gasteiger partial charge in [-0.15, -0.1) is 0 Å². The molecule has 0 amide bonds. The van der Waals surface area contributed by atoms with Gasteiger partial charge in [0, 0.05) is 32.7 Å². The second-order valence-electron chi connectivity index (χ2n) is 3.75. The van der Waals surface area contributed by atoms with Crippen LogP contribution in [0, 0.1) is 0 Å². The summed E-state index contributed by atoms with van der Waals surface area (Å²) in [7, 11) is 3.93. The lowest BCUT2D eigenvalue weighted by molar-refractivity contribution is 0.122. The Morgan fingerprint density at radius 3 is 2.87 bits per heavy atom. The first-order valence-electron chi connectivity index (χ1n) is 5.31. The van der Waals surface area contributed by atoms with Crippen LogP contribution in [-0.4, -0.2) is 43.1 Å². The van der Waals surface area contributed by atoms with Crippen LogP contribution in [0.4, 0.5) is 5.82 Å². The molecular weight excluding hydrogens is 192 g/mol. The summed E-state index contributed by atoms with van der Waals surface area (Å²) in [6, 6.07) is 2.14. The fraction of sp³-hybridized carbons (Fsp3) is 0.700. The summed E-state index contributed by atoms with van der Waals surface area (Å²) >= 11 is 0. The summed E-state index contributed by atoms with van der Waals surface area (Å²) in [5.74, 6) is 1.06. The first-order chi connectivity index (χ1) is 7.31. The van der Waals surface area contributed by atoms with E-state index in [2.05, 4.69) is 21.4 Å². The van der Waals surface area contributed by atoms with Crippen LogP contribution in [0.25, 0.3) is 0 Å². The number of morpholine rings is 1. The number of anilines is 1. The minimum atomic E-state index is 0.804. The number of aromatic nitrogens is 2. The molecular formula is C10H18N4O. The molecule has 1 aliphatic heterocycles. The molecule has 1 N–H and O–H groups in total. The van der Waals surface area contributed by atoms with Crippen LogP contribution in [0.2, 0.25) is 0 Å². The molecule has 1 fully saturated rings. The Kier molecular flexibility index (Phi) is 3.23.